The molecule has 1 heterocycles. The molecule has 2 N–H and O–H groups in total. The van der Waals surface area contributed by atoms with Crippen molar-refractivity contribution in [3.63, 3.8) is 0 Å². The monoisotopic (exact) mass is 280 g/mol. The number of nitrogens with zero attached hydrogens (tertiary/aromatic N) is 1. The molecule has 1 amide bonds. The molecule has 0 aliphatic carbocycles. The maximum atomic E-state index is 12.6. The van der Waals surface area contributed by atoms with Gasteiger partial charge in [-0.3, -0.25) is 15.3 Å². The number of halogens is 4. The van der Waals surface area contributed by atoms with Crippen molar-refractivity contribution in [2.45, 2.75) is 12.3 Å². The van der Waals surface area contributed by atoms with Crippen LogP contribution in [0.4, 0.5) is 13.2 Å². The summed E-state index contributed by atoms with van der Waals surface area (Å²) in [5, 5.41) is 11.9. The maximum absolute atomic E-state index is 12.6. The van der Waals surface area contributed by atoms with Crippen molar-refractivity contribution in [3.8, 4) is 0 Å². The molecule has 0 spiro atoms. The van der Waals surface area contributed by atoms with Crippen LogP contribution in [0.5, 0.6) is 0 Å². The molecule has 18 heavy (non-hydrogen) atoms. The van der Waals surface area contributed by atoms with E-state index in [2.05, 4.69) is 5.32 Å². The van der Waals surface area contributed by atoms with Crippen LogP contribution in [0.3, 0.4) is 0 Å². The highest BCUT2D eigenvalue weighted by Crippen LogP contribution is 2.36. The van der Waals surface area contributed by atoms with Crippen LogP contribution in [0.2, 0.25) is 5.02 Å². The molecule has 0 bridgehead atoms. The molecule has 0 aromatic heterocycles. The number of hydrogen-bond donors (Lipinski definition) is 2. The predicted octanol–water partition coefficient (Wildman–Crippen LogP) is 2.18. The average molecular weight is 281 g/mol. The summed E-state index contributed by atoms with van der Waals surface area (Å²) in [7, 11) is 0. The van der Waals surface area contributed by atoms with Gasteiger partial charge in [0, 0.05) is 0 Å². The summed E-state index contributed by atoms with van der Waals surface area (Å²) in [6.07, 6.45) is -5.58. The number of carbonyl (C=O) groups is 1. The highest BCUT2D eigenvalue weighted by atomic mass is 35.5. The third-order valence-corrected chi connectivity index (χ3v) is 2.89. The van der Waals surface area contributed by atoms with Crippen LogP contribution in [0.1, 0.15) is 17.3 Å². The van der Waals surface area contributed by atoms with Gasteiger partial charge in [-0.1, -0.05) is 17.7 Å². The zero-order chi connectivity index (χ0) is 13.5. The second-order valence-corrected chi connectivity index (χ2v) is 4.17. The average Bonchev–Trinajstić information content (AvgIpc) is 2.59. The fraction of sp³-hybridized carbons (Fsp3) is 0.300. The van der Waals surface area contributed by atoms with E-state index in [0.29, 0.717) is 5.06 Å². The van der Waals surface area contributed by atoms with Crippen molar-refractivity contribution >= 4 is 17.5 Å². The van der Waals surface area contributed by atoms with Gasteiger partial charge in [-0.2, -0.15) is 13.2 Å². The van der Waals surface area contributed by atoms with E-state index in [4.69, 9.17) is 11.6 Å². The van der Waals surface area contributed by atoms with E-state index in [1.165, 1.54) is 6.07 Å². The van der Waals surface area contributed by atoms with Crippen molar-refractivity contribution in [1.29, 1.82) is 0 Å². The summed E-state index contributed by atoms with van der Waals surface area (Å²) >= 11 is 5.47. The summed E-state index contributed by atoms with van der Waals surface area (Å²) in [6.45, 7) is -0.134. The molecule has 1 atom stereocenters. The second-order valence-electron chi connectivity index (χ2n) is 3.76. The molecule has 1 fully saturated rings. The Balaban J connectivity index is 2.39. The quantitative estimate of drug-likeness (QED) is 0.775. The highest BCUT2D eigenvalue weighted by molar-refractivity contribution is 6.31. The first-order chi connectivity index (χ1) is 8.30. The van der Waals surface area contributed by atoms with Gasteiger partial charge in [0.15, 0.2) is 0 Å². The number of rotatable bonds is 1. The SMILES string of the molecule is O=C1CNC(c2ccc(Cl)c(C(F)(F)F)c2)N1O. The lowest BCUT2D eigenvalue weighted by molar-refractivity contribution is -0.165. The topological polar surface area (TPSA) is 52.6 Å². The predicted molar refractivity (Wildman–Crippen MR) is 55.8 cm³/mol. The summed E-state index contributed by atoms with van der Waals surface area (Å²) in [4.78, 5) is 11.1. The van der Waals surface area contributed by atoms with E-state index >= 15 is 0 Å². The highest BCUT2D eigenvalue weighted by Gasteiger charge is 2.36. The van der Waals surface area contributed by atoms with Crippen LogP contribution in [-0.4, -0.2) is 22.7 Å². The number of hydroxylamine groups is 2. The minimum atomic E-state index is -4.59. The molecule has 1 aliphatic rings. The molecule has 8 heteroatoms. The van der Waals surface area contributed by atoms with Crippen molar-refractivity contribution < 1.29 is 23.2 Å². The zero-order valence-electron chi connectivity index (χ0n) is 8.83. The fourth-order valence-electron chi connectivity index (χ4n) is 1.68. The van der Waals surface area contributed by atoms with Gasteiger partial charge in [-0.25, -0.2) is 5.06 Å². The van der Waals surface area contributed by atoms with Crippen LogP contribution < -0.4 is 5.32 Å². The maximum Gasteiger partial charge on any atom is 0.417 e. The van der Waals surface area contributed by atoms with Gasteiger partial charge in [0.1, 0.15) is 6.17 Å². The molecule has 1 aromatic rings. The number of alkyl halides is 3. The first-order valence-electron chi connectivity index (χ1n) is 4.91. The largest absolute Gasteiger partial charge is 0.417 e. The molecular formula is C10H8ClF3N2O2. The van der Waals surface area contributed by atoms with Gasteiger partial charge in [0.2, 0.25) is 0 Å². The van der Waals surface area contributed by atoms with Crippen molar-refractivity contribution in [1.82, 2.24) is 10.4 Å². The van der Waals surface area contributed by atoms with Gasteiger partial charge in [-0.05, 0) is 17.7 Å². The standard InChI is InChI=1S/C10H8ClF3N2O2/c11-7-2-1-5(3-6(7)10(12,13)14)9-15-4-8(17)16(9)18/h1-3,9,15,18H,4H2. The molecule has 1 unspecified atom stereocenters. The van der Waals surface area contributed by atoms with Gasteiger partial charge in [0.05, 0.1) is 17.1 Å². The lowest BCUT2D eigenvalue weighted by Gasteiger charge is -2.19. The summed E-state index contributed by atoms with van der Waals surface area (Å²) in [5.41, 5.74) is -0.892. The molecule has 1 aliphatic heterocycles. The van der Waals surface area contributed by atoms with Crippen LogP contribution in [0.25, 0.3) is 0 Å². The minimum Gasteiger partial charge on any atom is -0.284 e. The first kappa shape index (κ1) is 13.1. The van der Waals surface area contributed by atoms with E-state index in [0.717, 1.165) is 12.1 Å². The van der Waals surface area contributed by atoms with Gasteiger partial charge in [0.25, 0.3) is 5.91 Å². The summed E-state index contributed by atoms with van der Waals surface area (Å²) < 4.78 is 37.9. The summed E-state index contributed by atoms with van der Waals surface area (Å²) in [5.74, 6) is -0.608. The number of carbonyl (C=O) groups excluding carboxylic acids is 1. The molecule has 2 rings (SSSR count). The third kappa shape index (κ3) is 2.29. The number of benzene rings is 1. The van der Waals surface area contributed by atoms with Crippen molar-refractivity contribution in [2.75, 3.05) is 6.54 Å². The Morgan fingerprint density at radius 3 is 2.61 bits per heavy atom. The molecule has 1 saturated heterocycles. The van der Waals surface area contributed by atoms with E-state index in [9.17, 15) is 23.2 Å². The third-order valence-electron chi connectivity index (χ3n) is 2.56. The van der Waals surface area contributed by atoms with E-state index in [1.54, 1.807) is 0 Å². The fourth-order valence-corrected chi connectivity index (χ4v) is 1.91. The Morgan fingerprint density at radius 2 is 2.11 bits per heavy atom. The Labute approximate surface area is 105 Å². The van der Waals surface area contributed by atoms with E-state index in [1.807, 2.05) is 0 Å². The number of nitrogens with one attached hydrogen (secondary N) is 1. The van der Waals surface area contributed by atoms with Crippen LogP contribution in [0, 0.1) is 0 Å². The molecule has 0 radical (unpaired) electrons. The first-order valence-corrected chi connectivity index (χ1v) is 5.29. The van der Waals surface area contributed by atoms with Crippen LogP contribution in [-0.2, 0) is 11.0 Å². The van der Waals surface area contributed by atoms with Gasteiger partial charge >= 0.3 is 6.18 Å². The summed E-state index contributed by atoms with van der Waals surface area (Å²) in [6, 6.07) is 3.21. The zero-order valence-corrected chi connectivity index (χ0v) is 9.59. The van der Waals surface area contributed by atoms with Crippen LogP contribution in [0.15, 0.2) is 18.2 Å². The molecular weight excluding hydrogens is 273 g/mol. The second kappa shape index (κ2) is 4.42. The Hall–Kier alpha value is -1.31. The Bertz CT molecular complexity index is 493. The van der Waals surface area contributed by atoms with Crippen LogP contribution >= 0.6 is 11.6 Å². The van der Waals surface area contributed by atoms with E-state index in [-0.39, 0.29) is 12.1 Å². The molecule has 0 saturated carbocycles. The number of hydrogen-bond acceptors (Lipinski definition) is 3. The van der Waals surface area contributed by atoms with Gasteiger partial charge in [-0.15, -0.1) is 0 Å². The smallest absolute Gasteiger partial charge is 0.284 e. The van der Waals surface area contributed by atoms with E-state index < -0.39 is 28.8 Å². The number of amides is 1. The minimum absolute atomic E-state index is 0.111. The lowest BCUT2D eigenvalue weighted by Crippen LogP contribution is -2.26. The van der Waals surface area contributed by atoms with Gasteiger partial charge < -0.3 is 0 Å². The Morgan fingerprint density at radius 1 is 1.44 bits per heavy atom. The Kier molecular flexibility index (Phi) is 3.22. The molecule has 1 aromatic carbocycles. The lowest BCUT2D eigenvalue weighted by atomic mass is 10.1. The van der Waals surface area contributed by atoms with Crippen molar-refractivity contribution in [2.24, 2.45) is 0 Å². The van der Waals surface area contributed by atoms with Crippen molar-refractivity contribution in [3.05, 3.63) is 34.3 Å². The normalized spacial score (nSPS) is 20.6. The molecule has 98 valence electrons. The molecule has 4 nitrogen and oxygen atoms in total.